The fourth-order valence-corrected chi connectivity index (χ4v) is 4.17. The van der Waals surface area contributed by atoms with Gasteiger partial charge in [-0.3, -0.25) is 4.90 Å². The molecular weight excluding hydrogens is 376 g/mol. The number of nitrogens with zero attached hydrogens (tertiary/aromatic N) is 2. The topological polar surface area (TPSA) is 49.1 Å². The number of rotatable bonds is 6. The molecule has 0 aliphatic carbocycles. The summed E-state index contributed by atoms with van der Waals surface area (Å²) in [6.45, 7) is 4.74. The van der Waals surface area contributed by atoms with Gasteiger partial charge in [-0.15, -0.1) is 0 Å². The van der Waals surface area contributed by atoms with Gasteiger partial charge in [-0.1, -0.05) is 36.4 Å². The number of para-hydroxylation sites is 2. The molecule has 1 atom stereocenters. The number of β-amino-alcohol motifs (C(OH)–C–C–N with tert-alkyl or cyclic N) is 1. The number of furan rings is 1. The third-order valence-electron chi connectivity index (χ3n) is 5.75. The zero-order valence-electron chi connectivity index (χ0n) is 16.9. The van der Waals surface area contributed by atoms with Crippen molar-refractivity contribution in [3.05, 3.63) is 72.8 Å². The number of fused-ring (bicyclic) bond motifs is 3. The van der Waals surface area contributed by atoms with Gasteiger partial charge in [0.1, 0.15) is 29.6 Å². The Bertz CT molecular complexity index is 1120. The molecule has 5 heteroatoms. The molecule has 0 amide bonds. The molecule has 5 nitrogen and oxygen atoms in total. The minimum atomic E-state index is -0.523. The molecule has 1 aromatic heterocycles. The minimum absolute atomic E-state index is 0.278. The SMILES string of the molecule is OC(COc1ccc2oc3ccccc3c2c1)CN1CCN(c2ccccc2)CC1. The van der Waals surface area contributed by atoms with Gasteiger partial charge in [-0.05, 0) is 36.4 Å². The molecule has 0 spiro atoms. The normalized spacial score (nSPS) is 16.2. The van der Waals surface area contributed by atoms with Crippen LogP contribution < -0.4 is 9.64 Å². The highest BCUT2D eigenvalue weighted by molar-refractivity contribution is 6.05. The molecule has 1 fully saturated rings. The number of hydrogen-bond acceptors (Lipinski definition) is 5. The molecule has 1 aliphatic rings. The fraction of sp³-hybridized carbons (Fsp3) is 0.280. The highest BCUT2D eigenvalue weighted by atomic mass is 16.5. The summed E-state index contributed by atoms with van der Waals surface area (Å²) in [4.78, 5) is 4.70. The van der Waals surface area contributed by atoms with Crippen molar-refractivity contribution in [1.29, 1.82) is 0 Å². The summed E-state index contributed by atoms with van der Waals surface area (Å²) in [5.41, 5.74) is 2.99. The van der Waals surface area contributed by atoms with Crippen molar-refractivity contribution in [2.24, 2.45) is 0 Å². The van der Waals surface area contributed by atoms with E-state index in [1.54, 1.807) is 0 Å². The number of piperazine rings is 1. The van der Waals surface area contributed by atoms with E-state index in [0.717, 1.165) is 53.9 Å². The van der Waals surface area contributed by atoms with Crippen LogP contribution in [0, 0.1) is 0 Å². The lowest BCUT2D eigenvalue weighted by molar-refractivity contribution is 0.0663. The first kappa shape index (κ1) is 19.0. The quantitative estimate of drug-likeness (QED) is 0.525. The molecule has 30 heavy (non-hydrogen) atoms. The number of ether oxygens (including phenoxy) is 1. The van der Waals surface area contributed by atoms with Crippen LogP contribution in [0.5, 0.6) is 5.75 Å². The Morgan fingerprint density at radius 2 is 1.57 bits per heavy atom. The first-order valence-electron chi connectivity index (χ1n) is 10.5. The largest absolute Gasteiger partial charge is 0.491 e. The van der Waals surface area contributed by atoms with Crippen LogP contribution in [-0.4, -0.2) is 55.4 Å². The van der Waals surface area contributed by atoms with Crippen LogP contribution in [0.3, 0.4) is 0 Å². The molecular formula is C25H26N2O3. The van der Waals surface area contributed by atoms with Gasteiger partial charge in [0.15, 0.2) is 0 Å². The van der Waals surface area contributed by atoms with Gasteiger partial charge in [0.05, 0.1) is 0 Å². The van der Waals surface area contributed by atoms with Crippen LogP contribution in [0.2, 0.25) is 0 Å². The predicted molar refractivity (Wildman–Crippen MR) is 120 cm³/mol. The van der Waals surface area contributed by atoms with Crippen molar-refractivity contribution in [3.8, 4) is 5.75 Å². The van der Waals surface area contributed by atoms with Crippen molar-refractivity contribution in [2.75, 3.05) is 44.2 Å². The molecule has 154 valence electrons. The first-order chi connectivity index (χ1) is 14.8. The molecule has 4 aromatic rings. The van der Waals surface area contributed by atoms with Gasteiger partial charge in [-0.25, -0.2) is 0 Å². The van der Waals surface area contributed by atoms with Crippen molar-refractivity contribution in [2.45, 2.75) is 6.10 Å². The standard InChI is InChI=1S/C25H26N2O3/c28-20(17-26-12-14-27(15-13-26)19-6-2-1-3-7-19)18-29-21-10-11-25-23(16-21)22-8-4-5-9-24(22)30-25/h1-11,16,20,28H,12-15,17-18H2. The second-order valence-corrected chi connectivity index (χ2v) is 7.84. The Balaban J connectivity index is 1.15. The highest BCUT2D eigenvalue weighted by Crippen LogP contribution is 2.31. The highest BCUT2D eigenvalue weighted by Gasteiger charge is 2.19. The third-order valence-corrected chi connectivity index (χ3v) is 5.75. The minimum Gasteiger partial charge on any atom is -0.491 e. The molecule has 3 aromatic carbocycles. The van der Waals surface area contributed by atoms with Crippen LogP contribution in [0.1, 0.15) is 0 Å². The van der Waals surface area contributed by atoms with E-state index in [4.69, 9.17) is 9.15 Å². The second kappa shape index (κ2) is 8.38. The first-order valence-corrected chi connectivity index (χ1v) is 10.5. The molecule has 2 heterocycles. The van der Waals surface area contributed by atoms with Gasteiger partial charge >= 0.3 is 0 Å². The molecule has 0 saturated carbocycles. The summed E-state index contributed by atoms with van der Waals surface area (Å²) in [7, 11) is 0. The number of hydrogen-bond donors (Lipinski definition) is 1. The molecule has 0 radical (unpaired) electrons. The second-order valence-electron chi connectivity index (χ2n) is 7.84. The van der Waals surface area contributed by atoms with Crippen LogP contribution in [-0.2, 0) is 0 Å². The number of aliphatic hydroxyl groups is 1. The lowest BCUT2D eigenvalue weighted by Gasteiger charge is -2.36. The van der Waals surface area contributed by atoms with E-state index < -0.39 is 6.10 Å². The molecule has 0 bridgehead atoms. The monoisotopic (exact) mass is 402 g/mol. The molecule has 5 rings (SSSR count). The average molecular weight is 402 g/mol. The number of aliphatic hydroxyl groups excluding tert-OH is 1. The number of anilines is 1. The molecule has 1 N–H and O–H groups in total. The van der Waals surface area contributed by atoms with Crippen LogP contribution in [0.15, 0.2) is 77.2 Å². The zero-order chi connectivity index (χ0) is 20.3. The van der Waals surface area contributed by atoms with Crippen molar-refractivity contribution < 1.29 is 14.3 Å². The van der Waals surface area contributed by atoms with Gasteiger partial charge in [0, 0.05) is 49.2 Å². The molecule has 1 saturated heterocycles. The maximum absolute atomic E-state index is 10.5. The van der Waals surface area contributed by atoms with E-state index in [1.807, 2.05) is 42.5 Å². The van der Waals surface area contributed by atoms with Gasteiger partial charge < -0.3 is 19.2 Å². The van der Waals surface area contributed by atoms with Crippen LogP contribution in [0.4, 0.5) is 5.69 Å². The lowest BCUT2D eigenvalue weighted by Crippen LogP contribution is -2.49. The van der Waals surface area contributed by atoms with Crippen LogP contribution in [0.25, 0.3) is 21.9 Å². The Hall–Kier alpha value is -3.02. The molecule has 1 aliphatic heterocycles. The maximum atomic E-state index is 10.5. The Morgan fingerprint density at radius 1 is 0.833 bits per heavy atom. The summed E-state index contributed by atoms with van der Waals surface area (Å²) < 4.78 is 11.8. The van der Waals surface area contributed by atoms with E-state index in [9.17, 15) is 5.11 Å². The van der Waals surface area contributed by atoms with Crippen molar-refractivity contribution in [3.63, 3.8) is 0 Å². The summed E-state index contributed by atoms with van der Waals surface area (Å²) >= 11 is 0. The van der Waals surface area contributed by atoms with Gasteiger partial charge in [0.25, 0.3) is 0 Å². The summed E-state index contributed by atoms with van der Waals surface area (Å²) in [6.07, 6.45) is -0.523. The van der Waals surface area contributed by atoms with E-state index in [1.165, 1.54) is 5.69 Å². The van der Waals surface area contributed by atoms with E-state index in [0.29, 0.717) is 6.54 Å². The molecule has 1 unspecified atom stereocenters. The van der Waals surface area contributed by atoms with E-state index in [-0.39, 0.29) is 6.61 Å². The van der Waals surface area contributed by atoms with E-state index >= 15 is 0 Å². The summed E-state index contributed by atoms with van der Waals surface area (Å²) in [5, 5.41) is 12.6. The Kier molecular flexibility index (Phi) is 5.30. The predicted octanol–water partition coefficient (Wildman–Crippen LogP) is 4.15. The Labute approximate surface area is 176 Å². The van der Waals surface area contributed by atoms with Crippen LogP contribution >= 0.6 is 0 Å². The lowest BCUT2D eigenvalue weighted by atomic mass is 10.1. The maximum Gasteiger partial charge on any atom is 0.135 e. The third kappa shape index (κ3) is 3.99. The zero-order valence-corrected chi connectivity index (χ0v) is 16.9. The van der Waals surface area contributed by atoms with E-state index in [2.05, 4.69) is 40.1 Å². The van der Waals surface area contributed by atoms with Crippen molar-refractivity contribution >= 4 is 27.6 Å². The Morgan fingerprint density at radius 3 is 2.40 bits per heavy atom. The summed E-state index contributed by atoms with van der Waals surface area (Å²) in [5.74, 6) is 0.752. The summed E-state index contributed by atoms with van der Waals surface area (Å²) in [6, 6.07) is 24.3. The smallest absolute Gasteiger partial charge is 0.135 e. The average Bonchev–Trinajstić information content (AvgIpc) is 3.17. The van der Waals surface area contributed by atoms with Crippen molar-refractivity contribution in [1.82, 2.24) is 4.90 Å². The number of benzene rings is 3. The van der Waals surface area contributed by atoms with Gasteiger partial charge in [0.2, 0.25) is 0 Å². The van der Waals surface area contributed by atoms with Gasteiger partial charge in [-0.2, -0.15) is 0 Å². The fourth-order valence-electron chi connectivity index (χ4n) is 4.17.